The number of nitrogens with zero attached hydrogens (tertiary/aromatic N) is 1. The molecule has 0 atom stereocenters. The van der Waals surface area contributed by atoms with Crippen molar-refractivity contribution in [3.8, 4) is 5.75 Å². The van der Waals surface area contributed by atoms with E-state index in [1.165, 1.54) is 17.7 Å². The highest BCUT2D eigenvalue weighted by atomic mass is 32.2. The molecular weight excluding hydrogens is 431 g/mol. The summed E-state index contributed by atoms with van der Waals surface area (Å²) in [5, 5.41) is 0. The van der Waals surface area contributed by atoms with Crippen LogP contribution in [0, 0.1) is 11.7 Å². The molecular formula is C24H31FN2O4S. The second kappa shape index (κ2) is 10.4. The van der Waals surface area contributed by atoms with Gasteiger partial charge < -0.3 is 4.74 Å². The lowest BCUT2D eigenvalue weighted by Crippen LogP contribution is -2.35. The summed E-state index contributed by atoms with van der Waals surface area (Å²) in [5.41, 5.74) is 1.67. The van der Waals surface area contributed by atoms with Gasteiger partial charge >= 0.3 is 0 Å². The highest BCUT2D eigenvalue weighted by Crippen LogP contribution is 2.31. The van der Waals surface area contributed by atoms with Crippen molar-refractivity contribution in [2.75, 3.05) is 26.0 Å². The van der Waals surface area contributed by atoms with Crippen molar-refractivity contribution < 1.29 is 22.3 Å². The van der Waals surface area contributed by atoms with Crippen LogP contribution in [0.5, 0.6) is 5.75 Å². The average molecular weight is 463 g/mol. The van der Waals surface area contributed by atoms with Gasteiger partial charge in [0.1, 0.15) is 11.6 Å². The third kappa shape index (κ3) is 6.77. The van der Waals surface area contributed by atoms with E-state index in [1.54, 1.807) is 0 Å². The van der Waals surface area contributed by atoms with E-state index in [1.807, 2.05) is 24.6 Å². The van der Waals surface area contributed by atoms with Crippen LogP contribution in [0.25, 0.3) is 0 Å². The minimum absolute atomic E-state index is 0.0249. The number of hydrogen-bond donors (Lipinski definition) is 1. The van der Waals surface area contributed by atoms with E-state index >= 15 is 0 Å². The number of benzene rings is 2. The molecule has 6 nitrogen and oxygen atoms in total. The van der Waals surface area contributed by atoms with Gasteiger partial charge in [-0.2, -0.15) is 0 Å². The molecule has 1 aliphatic heterocycles. The molecule has 0 aliphatic carbocycles. The zero-order valence-electron chi connectivity index (χ0n) is 18.8. The maximum Gasteiger partial charge on any atom is 0.267 e. The molecule has 1 fully saturated rings. The zero-order valence-corrected chi connectivity index (χ0v) is 19.6. The van der Waals surface area contributed by atoms with Crippen molar-refractivity contribution in [3.63, 3.8) is 0 Å². The Balaban J connectivity index is 1.61. The van der Waals surface area contributed by atoms with Gasteiger partial charge in [-0.3, -0.25) is 9.69 Å². The molecule has 2 aromatic rings. The molecule has 1 heterocycles. The molecule has 1 saturated heterocycles. The number of halogens is 1. The second-order valence-corrected chi connectivity index (χ2v) is 10.5. The van der Waals surface area contributed by atoms with Crippen molar-refractivity contribution in [1.29, 1.82) is 0 Å². The number of sulfonamides is 1. The number of hydrogen-bond acceptors (Lipinski definition) is 5. The SMILES string of the molecule is CC(C)c1cc(C(=O)NS(C)(=O)=O)c(F)cc1OCC1CCN(Cc2ccccc2)CC1. The van der Waals surface area contributed by atoms with E-state index in [4.69, 9.17) is 4.74 Å². The summed E-state index contributed by atoms with van der Waals surface area (Å²) >= 11 is 0. The summed E-state index contributed by atoms with van der Waals surface area (Å²) in [6.45, 7) is 7.22. The smallest absolute Gasteiger partial charge is 0.267 e. The molecule has 1 amide bonds. The summed E-state index contributed by atoms with van der Waals surface area (Å²) in [4.78, 5) is 14.6. The number of ether oxygens (including phenoxy) is 1. The summed E-state index contributed by atoms with van der Waals surface area (Å²) in [6, 6.07) is 13.0. The molecule has 1 aliphatic rings. The van der Waals surface area contributed by atoms with Crippen LogP contribution in [0.3, 0.4) is 0 Å². The van der Waals surface area contributed by atoms with E-state index < -0.39 is 21.7 Å². The fourth-order valence-corrected chi connectivity index (χ4v) is 4.35. The highest BCUT2D eigenvalue weighted by Gasteiger charge is 2.23. The van der Waals surface area contributed by atoms with Gasteiger partial charge in [-0.25, -0.2) is 17.5 Å². The minimum Gasteiger partial charge on any atom is -0.493 e. The maximum absolute atomic E-state index is 14.6. The zero-order chi connectivity index (χ0) is 23.3. The number of rotatable bonds is 8. The van der Waals surface area contributed by atoms with Crippen LogP contribution in [0.15, 0.2) is 42.5 Å². The lowest BCUT2D eigenvalue weighted by Gasteiger charge is -2.32. The molecule has 0 bridgehead atoms. The van der Waals surface area contributed by atoms with Crippen LogP contribution in [-0.4, -0.2) is 45.2 Å². The Labute approximate surface area is 189 Å². The van der Waals surface area contributed by atoms with Crippen molar-refractivity contribution in [2.24, 2.45) is 5.92 Å². The van der Waals surface area contributed by atoms with Crippen molar-refractivity contribution in [2.45, 2.75) is 39.2 Å². The topological polar surface area (TPSA) is 75.7 Å². The maximum atomic E-state index is 14.6. The summed E-state index contributed by atoms with van der Waals surface area (Å²) in [7, 11) is -3.78. The van der Waals surface area contributed by atoms with Crippen LogP contribution in [0.4, 0.5) is 4.39 Å². The number of amides is 1. The van der Waals surface area contributed by atoms with E-state index in [2.05, 4.69) is 29.2 Å². The van der Waals surface area contributed by atoms with E-state index in [0.29, 0.717) is 23.8 Å². The van der Waals surface area contributed by atoms with Gasteiger partial charge in [0.25, 0.3) is 5.91 Å². The van der Waals surface area contributed by atoms with Crippen molar-refractivity contribution in [1.82, 2.24) is 9.62 Å². The normalized spacial score (nSPS) is 15.7. The molecule has 8 heteroatoms. The summed E-state index contributed by atoms with van der Waals surface area (Å²) < 4.78 is 45.1. The first-order valence-electron chi connectivity index (χ1n) is 10.9. The van der Waals surface area contributed by atoms with Crippen LogP contribution in [0.1, 0.15) is 54.1 Å². The first kappa shape index (κ1) is 24.2. The molecule has 0 saturated carbocycles. The van der Waals surface area contributed by atoms with Gasteiger partial charge in [-0.05, 0) is 55.0 Å². The van der Waals surface area contributed by atoms with Crippen LogP contribution in [0.2, 0.25) is 0 Å². The monoisotopic (exact) mass is 462 g/mol. The van der Waals surface area contributed by atoms with Gasteiger partial charge in [-0.15, -0.1) is 0 Å². The predicted molar refractivity (Wildman–Crippen MR) is 123 cm³/mol. The molecule has 174 valence electrons. The molecule has 0 radical (unpaired) electrons. The molecule has 2 aromatic carbocycles. The van der Waals surface area contributed by atoms with Gasteiger partial charge in [0.2, 0.25) is 10.0 Å². The third-order valence-corrected chi connectivity index (χ3v) is 6.23. The van der Waals surface area contributed by atoms with Gasteiger partial charge in [-0.1, -0.05) is 44.2 Å². The molecule has 0 aromatic heterocycles. The molecule has 0 spiro atoms. The second-order valence-electron chi connectivity index (χ2n) is 8.74. The average Bonchev–Trinajstić information content (AvgIpc) is 2.72. The Morgan fingerprint density at radius 1 is 1.19 bits per heavy atom. The summed E-state index contributed by atoms with van der Waals surface area (Å²) in [5.74, 6) is -1.03. The number of piperidine rings is 1. The highest BCUT2D eigenvalue weighted by molar-refractivity contribution is 7.89. The third-order valence-electron chi connectivity index (χ3n) is 5.67. The molecule has 1 N–H and O–H groups in total. The van der Waals surface area contributed by atoms with E-state index in [-0.39, 0.29) is 11.5 Å². The largest absolute Gasteiger partial charge is 0.493 e. The standard InChI is InChI=1S/C24H31FN2O4S/c1-17(2)20-13-21(24(28)26-32(3,29)30)22(25)14-23(20)31-16-19-9-11-27(12-10-19)15-18-7-5-4-6-8-18/h4-8,13-14,17,19H,9-12,15-16H2,1-3H3,(H,26,28). The van der Waals surface area contributed by atoms with Crippen molar-refractivity contribution >= 4 is 15.9 Å². The van der Waals surface area contributed by atoms with Gasteiger partial charge in [0.05, 0.1) is 18.4 Å². The lowest BCUT2D eigenvalue weighted by molar-refractivity contribution is 0.0977. The fraction of sp³-hybridized carbons (Fsp3) is 0.458. The predicted octanol–water partition coefficient (Wildman–Crippen LogP) is 3.93. The van der Waals surface area contributed by atoms with Crippen LogP contribution in [-0.2, 0) is 16.6 Å². The lowest BCUT2D eigenvalue weighted by atomic mass is 9.96. The number of nitrogens with one attached hydrogen (secondary N) is 1. The quantitative estimate of drug-likeness (QED) is 0.643. The Morgan fingerprint density at radius 2 is 1.84 bits per heavy atom. The van der Waals surface area contributed by atoms with Gasteiger partial charge in [0.15, 0.2) is 0 Å². The first-order chi connectivity index (χ1) is 15.1. The van der Waals surface area contributed by atoms with Crippen LogP contribution >= 0.6 is 0 Å². The van der Waals surface area contributed by atoms with Crippen molar-refractivity contribution in [3.05, 3.63) is 65.0 Å². The fourth-order valence-electron chi connectivity index (χ4n) is 3.91. The Morgan fingerprint density at radius 3 is 2.44 bits per heavy atom. The first-order valence-corrected chi connectivity index (χ1v) is 12.8. The number of carbonyl (C=O) groups excluding carboxylic acids is 1. The Bertz CT molecular complexity index is 1030. The minimum atomic E-state index is -3.78. The van der Waals surface area contributed by atoms with Crippen LogP contribution < -0.4 is 9.46 Å². The number of carbonyl (C=O) groups is 1. The molecule has 0 unspecified atom stereocenters. The summed E-state index contributed by atoms with van der Waals surface area (Å²) in [6.07, 6.45) is 2.86. The van der Waals surface area contributed by atoms with Gasteiger partial charge in [0, 0.05) is 12.6 Å². The Hall–Kier alpha value is -2.45. The molecule has 32 heavy (non-hydrogen) atoms. The number of likely N-dealkylation sites (tertiary alicyclic amines) is 1. The van der Waals surface area contributed by atoms with E-state index in [0.717, 1.165) is 38.7 Å². The van der Waals surface area contributed by atoms with E-state index in [9.17, 15) is 17.6 Å². The molecule has 3 rings (SSSR count). The Kier molecular flexibility index (Phi) is 7.90.